The molecule has 0 aromatic heterocycles. The zero-order valence-electron chi connectivity index (χ0n) is 11.2. The second kappa shape index (κ2) is 5.27. The molecule has 1 aromatic carbocycles. The Kier molecular flexibility index (Phi) is 3.70. The standard InChI is InChI=1S/C14H17N3O2/c1-10-5-6-16(11(2)7-10)14-4-3-13(17(18)19)8-12(14)9-15/h3-4,8,10-11H,5-7H2,1-2H3. The summed E-state index contributed by atoms with van der Waals surface area (Å²) >= 11 is 0. The predicted molar refractivity (Wildman–Crippen MR) is 73.0 cm³/mol. The lowest BCUT2D eigenvalue weighted by molar-refractivity contribution is -0.384. The lowest BCUT2D eigenvalue weighted by Crippen LogP contribution is -2.40. The minimum Gasteiger partial charge on any atom is -0.368 e. The molecule has 0 bridgehead atoms. The van der Waals surface area contributed by atoms with E-state index in [0.29, 0.717) is 17.5 Å². The molecule has 1 saturated heterocycles. The summed E-state index contributed by atoms with van der Waals surface area (Å²) in [5.74, 6) is 0.690. The third-order valence-corrected chi connectivity index (χ3v) is 3.76. The van der Waals surface area contributed by atoms with Crippen LogP contribution in [0.4, 0.5) is 11.4 Å². The van der Waals surface area contributed by atoms with Gasteiger partial charge in [-0.25, -0.2) is 0 Å². The maximum atomic E-state index is 10.7. The third-order valence-electron chi connectivity index (χ3n) is 3.76. The van der Waals surface area contributed by atoms with E-state index >= 15 is 0 Å². The topological polar surface area (TPSA) is 70.2 Å². The zero-order chi connectivity index (χ0) is 14.0. The van der Waals surface area contributed by atoms with E-state index in [4.69, 9.17) is 0 Å². The Morgan fingerprint density at radius 3 is 2.79 bits per heavy atom. The molecule has 100 valence electrons. The molecule has 0 saturated carbocycles. The molecule has 1 heterocycles. The van der Waals surface area contributed by atoms with Gasteiger partial charge >= 0.3 is 0 Å². The summed E-state index contributed by atoms with van der Waals surface area (Å²) in [5, 5.41) is 19.9. The van der Waals surface area contributed by atoms with Crippen molar-refractivity contribution in [2.75, 3.05) is 11.4 Å². The zero-order valence-corrected chi connectivity index (χ0v) is 11.2. The van der Waals surface area contributed by atoms with E-state index in [9.17, 15) is 15.4 Å². The van der Waals surface area contributed by atoms with Crippen molar-refractivity contribution in [1.29, 1.82) is 5.26 Å². The Labute approximate surface area is 112 Å². The number of hydrogen-bond acceptors (Lipinski definition) is 4. The Bertz CT molecular complexity index is 536. The first kappa shape index (κ1) is 13.3. The van der Waals surface area contributed by atoms with Crippen LogP contribution in [-0.4, -0.2) is 17.5 Å². The fourth-order valence-electron chi connectivity index (χ4n) is 2.74. The molecular formula is C14H17N3O2. The van der Waals surface area contributed by atoms with Crippen molar-refractivity contribution < 1.29 is 4.92 Å². The largest absolute Gasteiger partial charge is 0.368 e. The molecule has 5 nitrogen and oxygen atoms in total. The first-order valence-electron chi connectivity index (χ1n) is 6.48. The number of nitrogens with zero attached hydrogens (tertiary/aromatic N) is 3. The van der Waals surface area contributed by atoms with Crippen LogP contribution in [0.15, 0.2) is 18.2 Å². The van der Waals surface area contributed by atoms with Crippen molar-refractivity contribution in [2.45, 2.75) is 32.7 Å². The molecule has 19 heavy (non-hydrogen) atoms. The lowest BCUT2D eigenvalue weighted by atomic mass is 9.92. The number of nitro benzene ring substituents is 1. The van der Waals surface area contributed by atoms with E-state index in [1.807, 2.05) is 0 Å². The molecule has 0 amide bonds. The number of nitriles is 1. The van der Waals surface area contributed by atoms with Gasteiger partial charge in [0.25, 0.3) is 5.69 Å². The van der Waals surface area contributed by atoms with Crippen molar-refractivity contribution in [3.63, 3.8) is 0 Å². The van der Waals surface area contributed by atoms with Gasteiger partial charge in [0, 0.05) is 24.7 Å². The molecule has 2 atom stereocenters. The SMILES string of the molecule is CC1CCN(c2ccc([N+](=O)[O-])cc2C#N)C(C)C1. The Morgan fingerprint density at radius 1 is 1.47 bits per heavy atom. The molecule has 2 unspecified atom stereocenters. The average molecular weight is 259 g/mol. The van der Waals surface area contributed by atoms with E-state index < -0.39 is 4.92 Å². The highest BCUT2D eigenvalue weighted by Crippen LogP contribution is 2.31. The molecule has 0 aliphatic carbocycles. The second-order valence-corrected chi connectivity index (χ2v) is 5.24. The van der Waals surface area contributed by atoms with E-state index in [-0.39, 0.29) is 5.69 Å². The Morgan fingerprint density at radius 2 is 2.21 bits per heavy atom. The fraction of sp³-hybridized carbons (Fsp3) is 0.500. The number of hydrogen-bond donors (Lipinski definition) is 0. The molecule has 2 rings (SSSR count). The number of rotatable bonds is 2. The smallest absolute Gasteiger partial charge is 0.270 e. The summed E-state index contributed by atoms with van der Waals surface area (Å²) in [4.78, 5) is 12.5. The fourth-order valence-corrected chi connectivity index (χ4v) is 2.74. The minimum absolute atomic E-state index is 0.0293. The van der Waals surface area contributed by atoms with Gasteiger partial charge in [-0.3, -0.25) is 10.1 Å². The first-order chi connectivity index (χ1) is 9.02. The summed E-state index contributed by atoms with van der Waals surface area (Å²) in [5.41, 5.74) is 1.17. The molecule has 0 spiro atoms. The van der Waals surface area contributed by atoms with Crippen molar-refractivity contribution in [2.24, 2.45) is 5.92 Å². The second-order valence-electron chi connectivity index (χ2n) is 5.24. The predicted octanol–water partition coefficient (Wildman–Crippen LogP) is 3.09. The molecule has 1 aromatic rings. The van der Waals surface area contributed by atoms with Crippen molar-refractivity contribution in [3.05, 3.63) is 33.9 Å². The van der Waals surface area contributed by atoms with Gasteiger partial charge in [-0.2, -0.15) is 5.26 Å². The van der Waals surface area contributed by atoms with Crippen LogP contribution in [0.2, 0.25) is 0 Å². The normalized spacial score (nSPS) is 22.9. The number of non-ortho nitro benzene ring substituents is 1. The van der Waals surface area contributed by atoms with Crippen LogP contribution in [0.5, 0.6) is 0 Å². The van der Waals surface area contributed by atoms with E-state index in [0.717, 1.165) is 25.1 Å². The van der Waals surface area contributed by atoms with E-state index in [1.165, 1.54) is 12.1 Å². The van der Waals surface area contributed by atoms with Crippen molar-refractivity contribution in [1.82, 2.24) is 0 Å². The van der Waals surface area contributed by atoms with Gasteiger partial charge in [0.1, 0.15) is 6.07 Å². The Balaban J connectivity index is 2.35. The van der Waals surface area contributed by atoms with Crippen LogP contribution < -0.4 is 4.90 Å². The van der Waals surface area contributed by atoms with Crippen LogP contribution in [0, 0.1) is 27.4 Å². The Hall–Kier alpha value is -2.09. The third kappa shape index (κ3) is 2.68. The summed E-state index contributed by atoms with van der Waals surface area (Å²) in [6, 6.07) is 6.96. The molecular weight excluding hydrogens is 242 g/mol. The molecule has 1 fully saturated rings. The molecule has 0 N–H and O–H groups in total. The number of benzene rings is 1. The summed E-state index contributed by atoms with van der Waals surface area (Å²) < 4.78 is 0. The van der Waals surface area contributed by atoms with Gasteiger partial charge in [-0.15, -0.1) is 0 Å². The number of piperidine rings is 1. The van der Waals surface area contributed by atoms with E-state index in [2.05, 4.69) is 24.8 Å². The van der Waals surface area contributed by atoms with Gasteiger partial charge in [0.05, 0.1) is 16.2 Å². The summed E-state index contributed by atoms with van der Waals surface area (Å²) in [7, 11) is 0. The van der Waals surface area contributed by atoms with Crippen molar-refractivity contribution in [3.8, 4) is 6.07 Å². The molecule has 1 aliphatic rings. The molecule has 5 heteroatoms. The monoisotopic (exact) mass is 259 g/mol. The average Bonchev–Trinajstić information content (AvgIpc) is 2.38. The van der Waals surface area contributed by atoms with Crippen LogP contribution in [0.3, 0.4) is 0 Å². The molecule has 0 radical (unpaired) electrons. The van der Waals surface area contributed by atoms with Gasteiger partial charge in [-0.1, -0.05) is 6.92 Å². The summed E-state index contributed by atoms with van der Waals surface area (Å²) in [6.45, 7) is 5.27. The van der Waals surface area contributed by atoms with E-state index in [1.54, 1.807) is 6.07 Å². The highest BCUT2D eigenvalue weighted by Gasteiger charge is 2.25. The van der Waals surface area contributed by atoms with Crippen LogP contribution in [0.1, 0.15) is 32.3 Å². The summed E-state index contributed by atoms with van der Waals surface area (Å²) in [6.07, 6.45) is 2.17. The minimum atomic E-state index is -0.466. The van der Waals surface area contributed by atoms with Crippen molar-refractivity contribution >= 4 is 11.4 Å². The maximum Gasteiger partial charge on any atom is 0.270 e. The number of nitro groups is 1. The van der Waals surface area contributed by atoms with Gasteiger partial charge in [0.2, 0.25) is 0 Å². The lowest BCUT2D eigenvalue weighted by Gasteiger charge is -2.38. The number of anilines is 1. The quantitative estimate of drug-likeness (QED) is 0.604. The van der Waals surface area contributed by atoms with Crippen LogP contribution in [0.25, 0.3) is 0 Å². The van der Waals surface area contributed by atoms with Gasteiger partial charge in [-0.05, 0) is 31.7 Å². The van der Waals surface area contributed by atoms with Crippen LogP contribution >= 0.6 is 0 Å². The first-order valence-corrected chi connectivity index (χ1v) is 6.48. The van der Waals surface area contributed by atoms with Crippen LogP contribution in [-0.2, 0) is 0 Å². The highest BCUT2D eigenvalue weighted by molar-refractivity contribution is 5.63. The van der Waals surface area contributed by atoms with Gasteiger partial charge < -0.3 is 4.90 Å². The maximum absolute atomic E-state index is 10.7. The van der Waals surface area contributed by atoms with Gasteiger partial charge in [0.15, 0.2) is 0 Å². The molecule has 1 aliphatic heterocycles. The highest BCUT2D eigenvalue weighted by atomic mass is 16.6.